The summed E-state index contributed by atoms with van der Waals surface area (Å²) >= 11 is 5.27. The number of rotatable bonds is 4. The molecule has 0 saturated carbocycles. The van der Waals surface area contributed by atoms with E-state index in [1.165, 1.54) is 6.26 Å². The van der Waals surface area contributed by atoms with Crippen LogP contribution in [0.2, 0.25) is 0 Å². The Balaban J connectivity index is 1.68. The summed E-state index contributed by atoms with van der Waals surface area (Å²) in [5.74, 6) is -0.415. The van der Waals surface area contributed by atoms with Gasteiger partial charge in [-0.15, -0.1) is 0 Å². The molecule has 0 aliphatic carbocycles. The molecular weight excluding hydrogens is 374 g/mol. The second-order valence-electron chi connectivity index (χ2n) is 6.18. The highest BCUT2D eigenvalue weighted by molar-refractivity contribution is 7.80. The fourth-order valence-corrected chi connectivity index (χ4v) is 2.79. The molecule has 0 fully saturated rings. The molecule has 142 valence electrons. The maximum Gasteiger partial charge on any atom is 0.291 e. The van der Waals surface area contributed by atoms with Gasteiger partial charge in [-0.25, -0.2) is 0 Å². The molecule has 3 N–H and O–H groups in total. The lowest BCUT2D eigenvalue weighted by atomic mass is 10.1. The molecule has 0 saturated heterocycles. The third-order valence-electron chi connectivity index (χ3n) is 4.11. The summed E-state index contributed by atoms with van der Waals surface area (Å²) < 4.78 is 5.09. The highest BCUT2D eigenvalue weighted by Crippen LogP contribution is 2.21. The molecular formula is C21H19N3O3S. The highest BCUT2D eigenvalue weighted by atomic mass is 32.1. The molecule has 0 spiro atoms. The Bertz CT molecular complexity index is 1030. The first-order chi connectivity index (χ1) is 13.4. The molecule has 0 atom stereocenters. The Morgan fingerprint density at radius 2 is 1.68 bits per heavy atom. The van der Waals surface area contributed by atoms with Crippen LogP contribution in [0, 0.1) is 13.8 Å². The van der Waals surface area contributed by atoms with Crippen LogP contribution < -0.4 is 16.0 Å². The van der Waals surface area contributed by atoms with E-state index in [0.29, 0.717) is 16.9 Å². The van der Waals surface area contributed by atoms with Crippen LogP contribution in [0.5, 0.6) is 0 Å². The van der Waals surface area contributed by atoms with Gasteiger partial charge in [0.05, 0.1) is 6.26 Å². The first-order valence-electron chi connectivity index (χ1n) is 8.57. The number of carbonyl (C=O) groups is 2. The van der Waals surface area contributed by atoms with Crippen molar-refractivity contribution in [2.75, 3.05) is 10.6 Å². The molecule has 0 aliphatic rings. The first-order valence-corrected chi connectivity index (χ1v) is 8.98. The van der Waals surface area contributed by atoms with Gasteiger partial charge in [0, 0.05) is 16.9 Å². The van der Waals surface area contributed by atoms with E-state index >= 15 is 0 Å². The topological polar surface area (TPSA) is 83.4 Å². The molecule has 3 aromatic rings. The molecule has 7 heteroatoms. The van der Waals surface area contributed by atoms with E-state index in [9.17, 15) is 9.59 Å². The van der Waals surface area contributed by atoms with Crippen molar-refractivity contribution in [3.8, 4) is 0 Å². The van der Waals surface area contributed by atoms with E-state index in [4.69, 9.17) is 16.6 Å². The van der Waals surface area contributed by atoms with Crippen LogP contribution in [0.15, 0.2) is 65.3 Å². The molecule has 3 rings (SSSR count). The van der Waals surface area contributed by atoms with E-state index in [-0.39, 0.29) is 22.7 Å². The number of hydrogen-bond acceptors (Lipinski definition) is 4. The predicted molar refractivity (Wildman–Crippen MR) is 113 cm³/mol. The van der Waals surface area contributed by atoms with E-state index in [2.05, 4.69) is 16.0 Å². The third kappa shape index (κ3) is 4.63. The number of thiocarbonyl (C=S) groups is 1. The zero-order valence-electron chi connectivity index (χ0n) is 15.4. The molecule has 1 heterocycles. The zero-order chi connectivity index (χ0) is 20.1. The fourth-order valence-electron chi connectivity index (χ4n) is 2.59. The van der Waals surface area contributed by atoms with Crippen molar-refractivity contribution >= 4 is 40.5 Å². The van der Waals surface area contributed by atoms with Gasteiger partial charge in [0.15, 0.2) is 10.9 Å². The maximum atomic E-state index is 12.4. The van der Waals surface area contributed by atoms with Gasteiger partial charge in [0.25, 0.3) is 11.8 Å². The second-order valence-corrected chi connectivity index (χ2v) is 6.59. The van der Waals surface area contributed by atoms with Crippen molar-refractivity contribution in [2.24, 2.45) is 0 Å². The Hall–Kier alpha value is -3.45. The summed E-state index contributed by atoms with van der Waals surface area (Å²) in [4.78, 5) is 24.5. The third-order valence-corrected chi connectivity index (χ3v) is 4.31. The number of nitrogens with one attached hydrogen (secondary N) is 3. The zero-order valence-corrected chi connectivity index (χ0v) is 16.2. The second kappa shape index (κ2) is 8.49. The lowest BCUT2D eigenvalue weighted by Crippen LogP contribution is -2.34. The lowest BCUT2D eigenvalue weighted by Gasteiger charge is -2.14. The molecule has 0 aliphatic heterocycles. The average Bonchev–Trinajstić information content (AvgIpc) is 3.19. The summed E-state index contributed by atoms with van der Waals surface area (Å²) in [5, 5.41) is 8.61. The van der Waals surface area contributed by atoms with Gasteiger partial charge in [-0.1, -0.05) is 24.3 Å². The molecule has 0 unspecified atom stereocenters. The van der Waals surface area contributed by atoms with E-state index < -0.39 is 0 Å². The minimum absolute atomic E-state index is 0.172. The average molecular weight is 393 g/mol. The van der Waals surface area contributed by atoms with Gasteiger partial charge >= 0.3 is 0 Å². The van der Waals surface area contributed by atoms with Gasteiger partial charge in [-0.2, -0.15) is 0 Å². The Morgan fingerprint density at radius 1 is 0.893 bits per heavy atom. The largest absolute Gasteiger partial charge is 0.459 e. The standard InChI is InChI=1S/C21H19N3O3S/c1-13-6-3-4-7-16(13)19(25)24-21(28)23-17-12-15(10-9-14(17)2)22-20(26)18-8-5-11-27-18/h3-12H,1-2H3,(H,22,26)(H2,23,24,25,28). The van der Waals surface area contributed by atoms with Crippen LogP contribution in [-0.4, -0.2) is 16.9 Å². The van der Waals surface area contributed by atoms with Crippen LogP contribution in [0.25, 0.3) is 0 Å². The van der Waals surface area contributed by atoms with E-state index in [1.807, 2.05) is 32.0 Å². The number of furan rings is 1. The molecule has 1 aromatic heterocycles. The molecule has 2 amide bonds. The van der Waals surface area contributed by atoms with Crippen LogP contribution in [0.3, 0.4) is 0 Å². The van der Waals surface area contributed by atoms with Gasteiger partial charge in [-0.3, -0.25) is 14.9 Å². The molecule has 28 heavy (non-hydrogen) atoms. The SMILES string of the molecule is Cc1ccc(NC(=O)c2ccco2)cc1NC(=S)NC(=O)c1ccccc1C. The fraction of sp³-hybridized carbons (Fsp3) is 0.0952. The Morgan fingerprint density at radius 3 is 2.39 bits per heavy atom. The number of carbonyl (C=O) groups excluding carboxylic acids is 2. The molecule has 0 bridgehead atoms. The van der Waals surface area contributed by atoms with Crippen molar-refractivity contribution in [1.82, 2.24) is 5.32 Å². The summed E-state index contributed by atoms with van der Waals surface area (Å²) in [5.41, 5.74) is 3.57. The monoisotopic (exact) mass is 393 g/mol. The van der Waals surface area contributed by atoms with E-state index in [1.54, 1.807) is 36.4 Å². The van der Waals surface area contributed by atoms with Crippen LogP contribution >= 0.6 is 12.2 Å². The van der Waals surface area contributed by atoms with Gasteiger partial charge in [-0.05, 0) is 67.5 Å². The summed E-state index contributed by atoms with van der Waals surface area (Å²) in [6.45, 7) is 3.76. The number of benzene rings is 2. The number of amides is 2. The van der Waals surface area contributed by atoms with E-state index in [0.717, 1.165) is 11.1 Å². The number of anilines is 2. The van der Waals surface area contributed by atoms with Gasteiger partial charge in [0.2, 0.25) is 0 Å². The summed E-state index contributed by atoms with van der Waals surface area (Å²) in [7, 11) is 0. The van der Waals surface area contributed by atoms with Gasteiger partial charge < -0.3 is 15.1 Å². The van der Waals surface area contributed by atoms with Crippen LogP contribution in [0.1, 0.15) is 32.0 Å². The smallest absolute Gasteiger partial charge is 0.291 e. The normalized spacial score (nSPS) is 10.2. The summed E-state index contributed by atoms with van der Waals surface area (Å²) in [6, 6.07) is 15.8. The predicted octanol–water partition coefficient (Wildman–Crippen LogP) is 4.28. The quantitative estimate of drug-likeness (QED) is 0.577. The molecule has 0 radical (unpaired) electrons. The van der Waals surface area contributed by atoms with Crippen LogP contribution in [0.4, 0.5) is 11.4 Å². The molecule has 6 nitrogen and oxygen atoms in total. The van der Waals surface area contributed by atoms with Crippen molar-refractivity contribution in [3.63, 3.8) is 0 Å². The molecule has 2 aromatic carbocycles. The minimum atomic E-state index is -0.352. The van der Waals surface area contributed by atoms with Gasteiger partial charge in [0.1, 0.15) is 0 Å². The van der Waals surface area contributed by atoms with Crippen molar-refractivity contribution < 1.29 is 14.0 Å². The van der Waals surface area contributed by atoms with Crippen molar-refractivity contribution in [2.45, 2.75) is 13.8 Å². The lowest BCUT2D eigenvalue weighted by molar-refractivity contribution is 0.0974. The summed E-state index contributed by atoms with van der Waals surface area (Å²) in [6.07, 6.45) is 1.44. The number of aryl methyl sites for hydroxylation is 2. The Labute approximate surface area is 167 Å². The highest BCUT2D eigenvalue weighted by Gasteiger charge is 2.12. The number of hydrogen-bond donors (Lipinski definition) is 3. The first kappa shape index (κ1) is 19.3. The maximum absolute atomic E-state index is 12.4. The van der Waals surface area contributed by atoms with Crippen molar-refractivity contribution in [1.29, 1.82) is 0 Å². The minimum Gasteiger partial charge on any atom is -0.459 e. The van der Waals surface area contributed by atoms with Crippen molar-refractivity contribution in [3.05, 3.63) is 83.3 Å². The van der Waals surface area contributed by atoms with Crippen LogP contribution in [-0.2, 0) is 0 Å². The Kier molecular flexibility index (Phi) is 5.86.